The van der Waals surface area contributed by atoms with Crippen LogP contribution in [0.15, 0.2) is 36.4 Å². The highest BCUT2D eigenvalue weighted by atomic mass is 14.3. The molecule has 100 valence electrons. The van der Waals surface area contributed by atoms with E-state index in [1.807, 2.05) is 12.1 Å². The van der Waals surface area contributed by atoms with E-state index < -0.39 is 0 Å². The average molecular weight is 253 g/mol. The molecular weight excluding hydrogens is 230 g/mol. The van der Waals surface area contributed by atoms with Crippen molar-refractivity contribution in [3.63, 3.8) is 0 Å². The quantitative estimate of drug-likeness (QED) is 0.677. The van der Waals surface area contributed by atoms with Crippen LogP contribution in [0.1, 0.15) is 62.5 Å². The summed E-state index contributed by atoms with van der Waals surface area (Å²) in [5.74, 6) is 1.49. The van der Waals surface area contributed by atoms with E-state index in [2.05, 4.69) is 37.3 Å². The SMILES string of the molecule is CCC/C=C/C1CCC(c2ccc(C#N)cc2)CC1. The first-order valence-electron chi connectivity index (χ1n) is 7.50. The van der Waals surface area contributed by atoms with Crippen LogP contribution < -0.4 is 0 Å². The maximum atomic E-state index is 8.82. The van der Waals surface area contributed by atoms with Crippen LogP contribution >= 0.6 is 0 Å². The summed E-state index contributed by atoms with van der Waals surface area (Å²) in [5, 5.41) is 8.82. The summed E-state index contributed by atoms with van der Waals surface area (Å²) >= 11 is 0. The predicted molar refractivity (Wildman–Crippen MR) is 79.9 cm³/mol. The zero-order valence-corrected chi connectivity index (χ0v) is 11.8. The molecular formula is C18H23N. The Balaban J connectivity index is 1.87. The number of benzene rings is 1. The molecule has 1 nitrogen and oxygen atoms in total. The molecule has 0 N–H and O–H groups in total. The van der Waals surface area contributed by atoms with Crippen molar-refractivity contribution in [3.05, 3.63) is 47.5 Å². The lowest BCUT2D eigenvalue weighted by atomic mass is 9.78. The van der Waals surface area contributed by atoms with Gasteiger partial charge in [-0.2, -0.15) is 5.26 Å². The fourth-order valence-corrected chi connectivity index (χ4v) is 2.93. The van der Waals surface area contributed by atoms with Crippen LogP contribution in [0.3, 0.4) is 0 Å². The molecule has 1 aromatic carbocycles. The van der Waals surface area contributed by atoms with E-state index >= 15 is 0 Å². The van der Waals surface area contributed by atoms with Crippen LogP contribution in [0.5, 0.6) is 0 Å². The van der Waals surface area contributed by atoms with E-state index in [-0.39, 0.29) is 0 Å². The highest BCUT2D eigenvalue weighted by molar-refractivity contribution is 5.33. The van der Waals surface area contributed by atoms with Crippen LogP contribution in [-0.4, -0.2) is 0 Å². The molecule has 0 radical (unpaired) electrons. The molecule has 0 heterocycles. The highest BCUT2D eigenvalue weighted by Gasteiger charge is 2.20. The zero-order chi connectivity index (χ0) is 13.5. The van der Waals surface area contributed by atoms with Gasteiger partial charge in [0.05, 0.1) is 11.6 Å². The molecule has 1 aliphatic rings. The molecule has 0 amide bonds. The molecule has 1 fully saturated rings. The molecule has 1 aromatic rings. The van der Waals surface area contributed by atoms with Crippen molar-refractivity contribution < 1.29 is 0 Å². The minimum Gasteiger partial charge on any atom is -0.192 e. The van der Waals surface area contributed by atoms with Gasteiger partial charge >= 0.3 is 0 Å². The Bertz CT molecular complexity index is 442. The van der Waals surface area contributed by atoms with E-state index in [0.29, 0.717) is 5.92 Å². The molecule has 0 aliphatic heterocycles. The van der Waals surface area contributed by atoms with Crippen molar-refractivity contribution in [2.75, 3.05) is 0 Å². The van der Waals surface area contributed by atoms with E-state index in [9.17, 15) is 0 Å². The first kappa shape index (κ1) is 13.9. The van der Waals surface area contributed by atoms with Gasteiger partial charge < -0.3 is 0 Å². The lowest BCUT2D eigenvalue weighted by molar-refractivity contribution is 0.375. The second kappa shape index (κ2) is 7.14. The van der Waals surface area contributed by atoms with Gasteiger partial charge in [0.15, 0.2) is 0 Å². The van der Waals surface area contributed by atoms with Gasteiger partial charge in [-0.15, -0.1) is 0 Å². The summed E-state index contributed by atoms with van der Waals surface area (Å²) in [6, 6.07) is 10.3. The van der Waals surface area contributed by atoms with Gasteiger partial charge in [0.2, 0.25) is 0 Å². The minimum atomic E-state index is 0.698. The lowest BCUT2D eigenvalue weighted by Gasteiger charge is -2.27. The summed E-state index contributed by atoms with van der Waals surface area (Å²) in [7, 11) is 0. The number of allylic oxidation sites excluding steroid dienone is 2. The lowest BCUT2D eigenvalue weighted by Crippen LogP contribution is -2.11. The molecule has 1 aliphatic carbocycles. The van der Waals surface area contributed by atoms with E-state index in [1.54, 1.807) is 0 Å². The summed E-state index contributed by atoms with van der Waals surface area (Å²) < 4.78 is 0. The van der Waals surface area contributed by atoms with Gasteiger partial charge in [-0.1, -0.05) is 37.6 Å². The third-order valence-electron chi connectivity index (χ3n) is 4.15. The molecule has 0 saturated heterocycles. The minimum absolute atomic E-state index is 0.698. The van der Waals surface area contributed by atoms with Gasteiger partial charge in [0, 0.05) is 0 Å². The molecule has 0 aromatic heterocycles. The first-order chi connectivity index (χ1) is 9.33. The maximum absolute atomic E-state index is 8.82. The Labute approximate surface area is 117 Å². The van der Waals surface area contributed by atoms with Gasteiger partial charge in [0.25, 0.3) is 0 Å². The largest absolute Gasteiger partial charge is 0.192 e. The Morgan fingerprint density at radius 3 is 2.42 bits per heavy atom. The molecule has 19 heavy (non-hydrogen) atoms. The predicted octanol–water partition coefficient (Wildman–Crippen LogP) is 5.19. The Morgan fingerprint density at radius 1 is 1.16 bits per heavy atom. The third-order valence-corrected chi connectivity index (χ3v) is 4.15. The fraction of sp³-hybridized carbons (Fsp3) is 0.500. The Hall–Kier alpha value is -1.55. The number of unbranched alkanes of at least 4 members (excludes halogenated alkanes) is 1. The normalized spacial score (nSPS) is 23.4. The molecule has 0 unspecified atom stereocenters. The second-order valence-corrected chi connectivity index (χ2v) is 5.56. The van der Waals surface area contributed by atoms with E-state index in [4.69, 9.17) is 5.26 Å². The molecule has 0 atom stereocenters. The maximum Gasteiger partial charge on any atom is 0.0991 e. The van der Waals surface area contributed by atoms with Crippen molar-refractivity contribution in [1.29, 1.82) is 5.26 Å². The van der Waals surface area contributed by atoms with Gasteiger partial charge in [-0.05, 0) is 61.6 Å². The second-order valence-electron chi connectivity index (χ2n) is 5.56. The van der Waals surface area contributed by atoms with Crippen molar-refractivity contribution in [2.45, 2.75) is 51.4 Å². The Morgan fingerprint density at radius 2 is 1.84 bits per heavy atom. The molecule has 1 saturated carbocycles. The summed E-state index contributed by atoms with van der Waals surface area (Å²) in [6.07, 6.45) is 12.4. The van der Waals surface area contributed by atoms with E-state index in [0.717, 1.165) is 11.5 Å². The van der Waals surface area contributed by atoms with Gasteiger partial charge in [0.1, 0.15) is 0 Å². The summed E-state index contributed by atoms with van der Waals surface area (Å²) in [5.41, 5.74) is 2.18. The fourth-order valence-electron chi connectivity index (χ4n) is 2.93. The van der Waals surface area contributed by atoms with Crippen molar-refractivity contribution in [3.8, 4) is 6.07 Å². The number of rotatable bonds is 4. The van der Waals surface area contributed by atoms with Crippen molar-refractivity contribution >= 4 is 0 Å². The van der Waals surface area contributed by atoms with Crippen LogP contribution in [0.2, 0.25) is 0 Å². The standard InChI is InChI=1S/C18H23N/c1-2-3-4-5-15-6-10-17(11-7-15)18-12-8-16(14-19)9-13-18/h4-5,8-9,12-13,15,17H,2-3,6-7,10-11H2,1H3/b5-4+. The first-order valence-corrected chi connectivity index (χ1v) is 7.50. The monoisotopic (exact) mass is 253 g/mol. The highest BCUT2D eigenvalue weighted by Crippen LogP contribution is 2.36. The molecule has 1 heteroatoms. The average Bonchev–Trinajstić information content (AvgIpc) is 2.48. The van der Waals surface area contributed by atoms with E-state index in [1.165, 1.54) is 44.1 Å². The number of hydrogen-bond acceptors (Lipinski definition) is 1. The topological polar surface area (TPSA) is 23.8 Å². The smallest absolute Gasteiger partial charge is 0.0991 e. The third kappa shape index (κ3) is 3.96. The summed E-state index contributed by atoms with van der Waals surface area (Å²) in [4.78, 5) is 0. The van der Waals surface area contributed by atoms with Crippen molar-refractivity contribution in [1.82, 2.24) is 0 Å². The molecule has 0 bridgehead atoms. The zero-order valence-electron chi connectivity index (χ0n) is 11.8. The van der Waals surface area contributed by atoms with Gasteiger partial charge in [-0.3, -0.25) is 0 Å². The molecule has 2 rings (SSSR count). The number of hydrogen-bond donors (Lipinski definition) is 0. The molecule has 0 spiro atoms. The number of nitriles is 1. The van der Waals surface area contributed by atoms with Crippen LogP contribution in [0, 0.1) is 17.2 Å². The number of nitrogens with zero attached hydrogens (tertiary/aromatic N) is 1. The van der Waals surface area contributed by atoms with Crippen LogP contribution in [-0.2, 0) is 0 Å². The Kier molecular flexibility index (Phi) is 5.21. The van der Waals surface area contributed by atoms with Crippen LogP contribution in [0.25, 0.3) is 0 Å². The van der Waals surface area contributed by atoms with Crippen LogP contribution in [0.4, 0.5) is 0 Å². The van der Waals surface area contributed by atoms with Gasteiger partial charge in [-0.25, -0.2) is 0 Å². The summed E-state index contributed by atoms with van der Waals surface area (Å²) in [6.45, 7) is 2.23. The van der Waals surface area contributed by atoms with Crippen molar-refractivity contribution in [2.24, 2.45) is 5.92 Å².